The predicted octanol–water partition coefficient (Wildman–Crippen LogP) is 2.43. The van der Waals surface area contributed by atoms with Crippen molar-refractivity contribution in [2.45, 2.75) is 39.2 Å². The highest BCUT2D eigenvalue weighted by molar-refractivity contribution is 5.79. The number of H-pyrrole nitrogens is 1. The van der Waals surface area contributed by atoms with Gasteiger partial charge in [0.15, 0.2) is 0 Å². The molecule has 0 spiro atoms. The highest BCUT2D eigenvalue weighted by Crippen LogP contribution is 2.30. The molecule has 0 bridgehead atoms. The van der Waals surface area contributed by atoms with E-state index in [2.05, 4.69) is 9.97 Å². The predicted molar refractivity (Wildman–Crippen MR) is 88.1 cm³/mol. The Morgan fingerprint density at radius 2 is 2.12 bits per heavy atom. The first-order valence-electron chi connectivity index (χ1n) is 8.07. The standard InChI is InChI=1S/C18H20FN3O2/c1-11-12(2)20-17(21-18(11)24)15-8-5-9-22(15)16(23)10-13-6-3-4-7-14(13)19/h3-4,6-7,15H,5,8-10H2,1-2H3,(H,20,21,24)/t15-/m1/s1. The normalized spacial score (nSPS) is 17.3. The van der Waals surface area contributed by atoms with E-state index in [1.165, 1.54) is 6.07 Å². The molecule has 1 aromatic carbocycles. The monoisotopic (exact) mass is 329 g/mol. The number of carbonyl (C=O) groups is 1. The van der Waals surface area contributed by atoms with Crippen molar-refractivity contribution in [2.75, 3.05) is 6.54 Å². The summed E-state index contributed by atoms with van der Waals surface area (Å²) in [5, 5.41) is 0. The number of nitrogens with zero attached hydrogens (tertiary/aromatic N) is 2. The van der Waals surface area contributed by atoms with Crippen LogP contribution < -0.4 is 5.56 Å². The van der Waals surface area contributed by atoms with Gasteiger partial charge in [-0.25, -0.2) is 9.37 Å². The Hall–Kier alpha value is -2.50. The number of nitrogens with one attached hydrogen (secondary N) is 1. The Morgan fingerprint density at radius 1 is 1.38 bits per heavy atom. The van der Waals surface area contributed by atoms with Crippen LogP contribution in [-0.4, -0.2) is 27.3 Å². The molecule has 5 nitrogen and oxygen atoms in total. The molecule has 6 heteroatoms. The molecule has 0 aliphatic carbocycles. The lowest BCUT2D eigenvalue weighted by Crippen LogP contribution is -2.34. The van der Waals surface area contributed by atoms with E-state index in [1.54, 1.807) is 36.9 Å². The molecule has 1 N–H and O–H groups in total. The fourth-order valence-electron chi connectivity index (χ4n) is 3.08. The van der Waals surface area contributed by atoms with Crippen LogP contribution in [0.3, 0.4) is 0 Å². The molecule has 1 aliphatic heterocycles. The third-order valence-corrected chi connectivity index (χ3v) is 4.60. The second-order valence-electron chi connectivity index (χ2n) is 6.17. The van der Waals surface area contributed by atoms with Crippen molar-refractivity contribution in [1.29, 1.82) is 0 Å². The molecule has 2 aromatic rings. The van der Waals surface area contributed by atoms with Gasteiger partial charge in [0.05, 0.1) is 12.5 Å². The minimum Gasteiger partial charge on any atom is -0.332 e. The van der Waals surface area contributed by atoms with Gasteiger partial charge in [-0.05, 0) is 38.3 Å². The van der Waals surface area contributed by atoms with Gasteiger partial charge in [0.1, 0.15) is 11.6 Å². The summed E-state index contributed by atoms with van der Waals surface area (Å²) in [7, 11) is 0. The Bertz CT molecular complexity index is 831. The Balaban J connectivity index is 1.84. The number of benzene rings is 1. The number of carbonyl (C=O) groups excluding carboxylic acids is 1. The van der Waals surface area contributed by atoms with Crippen LogP contribution in [0.4, 0.5) is 4.39 Å². The fraction of sp³-hybridized carbons (Fsp3) is 0.389. The summed E-state index contributed by atoms with van der Waals surface area (Å²) in [6.45, 7) is 4.10. The maximum absolute atomic E-state index is 13.8. The summed E-state index contributed by atoms with van der Waals surface area (Å²) < 4.78 is 13.8. The van der Waals surface area contributed by atoms with E-state index in [0.717, 1.165) is 12.8 Å². The molecule has 0 saturated carbocycles. The number of likely N-dealkylation sites (tertiary alicyclic amines) is 1. The third kappa shape index (κ3) is 3.09. The molecule has 24 heavy (non-hydrogen) atoms. The molecule has 1 aromatic heterocycles. The largest absolute Gasteiger partial charge is 0.332 e. The molecule has 0 unspecified atom stereocenters. The van der Waals surface area contributed by atoms with Crippen LogP contribution >= 0.6 is 0 Å². The smallest absolute Gasteiger partial charge is 0.254 e. The van der Waals surface area contributed by atoms with Crippen LogP contribution in [0.2, 0.25) is 0 Å². The Morgan fingerprint density at radius 3 is 2.83 bits per heavy atom. The second kappa shape index (κ2) is 6.55. The van der Waals surface area contributed by atoms with Crippen molar-refractivity contribution in [1.82, 2.24) is 14.9 Å². The lowest BCUT2D eigenvalue weighted by atomic mass is 10.1. The zero-order chi connectivity index (χ0) is 17.3. The van der Waals surface area contributed by atoms with Gasteiger partial charge in [-0.15, -0.1) is 0 Å². The quantitative estimate of drug-likeness (QED) is 0.940. The number of aryl methyl sites for hydroxylation is 1. The van der Waals surface area contributed by atoms with Gasteiger partial charge in [0, 0.05) is 17.8 Å². The minimum absolute atomic E-state index is 0.0122. The van der Waals surface area contributed by atoms with Gasteiger partial charge in [-0.3, -0.25) is 9.59 Å². The van der Waals surface area contributed by atoms with Crippen molar-refractivity contribution in [3.63, 3.8) is 0 Å². The van der Waals surface area contributed by atoms with Crippen LogP contribution in [-0.2, 0) is 11.2 Å². The van der Waals surface area contributed by atoms with Crippen LogP contribution in [0.15, 0.2) is 29.1 Å². The molecule has 3 rings (SSSR count). The van der Waals surface area contributed by atoms with E-state index >= 15 is 0 Å². The minimum atomic E-state index is -0.376. The van der Waals surface area contributed by atoms with Gasteiger partial charge < -0.3 is 9.88 Å². The molecule has 1 atom stereocenters. The summed E-state index contributed by atoms with van der Waals surface area (Å²) in [5.74, 6) is -0.00901. The van der Waals surface area contributed by atoms with Gasteiger partial charge >= 0.3 is 0 Å². The van der Waals surface area contributed by atoms with E-state index in [0.29, 0.717) is 29.2 Å². The highest BCUT2D eigenvalue weighted by Gasteiger charge is 2.32. The summed E-state index contributed by atoms with van der Waals surface area (Å²) in [6.07, 6.45) is 1.59. The number of aromatic nitrogens is 2. The molecule has 1 aliphatic rings. The first-order valence-corrected chi connectivity index (χ1v) is 8.07. The third-order valence-electron chi connectivity index (χ3n) is 4.60. The average molecular weight is 329 g/mol. The number of rotatable bonds is 3. The van der Waals surface area contributed by atoms with Crippen molar-refractivity contribution >= 4 is 5.91 Å². The van der Waals surface area contributed by atoms with E-state index in [-0.39, 0.29) is 29.7 Å². The molecule has 126 valence electrons. The van der Waals surface area contributed by atoms with Gasteiger partial charge in [-0.1, -0.05) is 18.2 Å². The number of hydrogen-bond donors (Lipinski definition) is 1. The van der Waals surface area contributed by atoms with Crippen molar-refractivity contribution < 1.29 is 9.18 Å². The first-order chi connectivity index (χ1) is 11.5. The zero-order valence-corrected chi connectivity index (χ0v) is 13.8. The average Bonchev–Trinajstić information content (AvgIpc) is 3.04. The second-order valence-corrected chi connectivity index (χ2v) is 6.17. The van der Waals surface area contributed by atoms with Crippen molar-refractivity contribution in [3.05, 3.63) is 63.1 Å². The van der Waals surface area contributed by atoms with Crippen LogP contribution in [0.25, 0.3) is 0 Å². The number of halogens is 1. The summed E-state index contributed by atoms with van der Waals surface area (Å²) >= 11 is 0. The zero-order valence-electron chi connectivity index (χ0n) is 13.8. The van der Waals surface area contributed by atoms with Crippen LogP contribution in [0.1, 0.15) is 41.5 Å². The lowest BCUT2D eigenvalue weighted by molar-refractivity contribution is -0.131. The Kier molecular flexibility index (Phi) is 4.46. The fourth-order valence-corrected chi connectivity index (χ4v) is 3.08. The SMILES string of the molecule is Cc1nc([C@H]2CCCN2C(=O)Cc2ccccc2F)[nH]c(=O)c1C. The van der Waals surface area contributed by atoms with Crippen molar-refractivity contribution in [2.24, 2.45) is 0 Å². The van der Waals surface area contributed by atoms with Gasteiger partial charge in [-0.2, -0.15) is 0 Å². The van der Waals surface area contributed by atoms with E-state index in [4.69, 9.17) is 0 Å². The number of hydrogen-bond acceptors (Lipinski definition) is 3. The topological polar surface area (TPSA) is 66.1 Å². The molecule has 1 amide bonds. The molecule has 1 fully saturated rings. The van der Waals surface area contributed by atoms with Crippen LogP contribution in [0.5, 0.6) is 0 Å². The number of amides is 1. The molecule has 2 heterocycles. The number of aromatic amines is 1. The summed E-state index contributed by atoms with van der Waals surface area (Å²) in [4.78, 5) is 33.5. The maximum atomic E-state index is 13.8. The van der Waals surface area contributed by atoms with Gasteiger partial charge in [0.2, 0.25) is 5.91 Å². The summed E-state index contributed by atoms with van der Waals surface area (Å²) in [6, 6.07) is 6.04. The highest BCUT2D eigenvalue weighted by atomic mass is 19.1. The van der Waals surface area contributed by atoms with E-state index < -0.39 is 0 Å². The molecule has 1 saturated heterocycles. The molecule has 0 radical (unpaired) electrons. The summed E-state index contributed by atoms with van der Waals surface area (Å²) in [5.41, 5.74) is 1.46. The van der Waals surface area contributed by atoms with Crippen LogP contribution in [0, 0.1) is 19.7 Å². The maximum Gasteiger partial charge on any atom is 0.254 e. The molecular weight excluding hydrogens is 309 g/mol. The van der Waals surface area contributed by atoms with Crippen molar-refractivity contribution in [3.8, 4) is 0 Å². The lowest BCUT2D eigenvalue weighted by Gasteiger charge is -2.24. The Labute approximate surface area is 139 Å². The first kappa shape index (κ1) is 16.4. The van der Waals surface area contributed by atoms with E-state index in [9.17, 15) is 14.0 Å². The van der Waals surface area contributed by atoms with Gasteiger partial charge in [0.25, 0.3) is 5.56 Å². The molecular formula is C18H20FN3O2. The van der Waals surface area contributed by atoms with E-state index in [1.807, 2.05) is 0 Å².